The van der Waals surface area contributed by atoms with E-state index in [1.54, 1.807) is 0 Å². The Bertz CT molecular complexity index is 834. The standard InChI is InChI=1S/C21H25N2O2S/c1-3-25-19-10-8-17(9-11-19)21(24)15-22(18-7-4-6-16(2)14-18)20-23(21)12-5-13-26-20/h4,6-11,14,24H,3,5,12-13,15H2,1-2H3/q+1/t21-/m1/s1. The molecule has 26 heavy (non-hydrogen) atoms. The van der Waals surface area contributed by atoms with Crippen molar-refractivity contribution in [2.24, 2.45) is 0 Å². The first-order chi connectivity index (χ1) is 12.6. The van der Waals surface area contributed by atoms with Crippen molar-refractivity contribution < 1.29 is 14.4 Å². The average Bonchev–Trinajstić information content (AvgIpc) is 2.97. The molecule has 0 radical (unpaired) electrons. The maximum atomic E-state index is 11.7. The topological polar surface area (TPSA) is 35.7 Å². The van der Waals surface area contributed by atoms with Crippen LogP contribution in [0.3, 0.4) is 0 Å². The minimum Gasteiger partial charge on any atom is -0.494 e. The molecule has 0 amide bonds. The van der Waals surface area contributed by atoms with Crippen LogP contribution >= 0.6 is 11.8 Å². The fraction of sp³-hybridized carbons (Fsp3) is 0.381. The first-order valence-corrected chi connectivity index (χ1v) is 10.2. The Kier molecular flexibility index (Phi) is 4.67. The normalized spacial score (nSPS) is 22.5. The lowest BCUT2D eigenvalue weighted by Gasteiger charge is -2.24. The summed E-state index contributed by atoms with van der Waals surface area (Å²) in [5, 5.41) is 12.8. The Labute approximate surface area is 159 Å². The highest BCUT2D eigenvalue weighted by Crippen LogP contribution is 2.38. The van der Waals surface area contributed by atoms with E-state index in [1.807, 2.05) is 43.0 Å². The number of hydrogen-bond donors (Lipinski definition) is 1. The van der Waals surface area contributed by atoms with Crippen molar-refractivity contribution in [3.05, 3.63) is 59.7 Å². The molecule has 4 nitrogen and oxygen atoms in total. The molecule has 2 aliphatic heterocycles. The number of ether oxygens (including phenoxy) is 1. The number of thioether (sulfide) groups is 1. The van der Waals surface area contributed by atoms with E-state index in [0.717, 1.165) is 40.9 Å². The largest absolute Gasteiger partial charge is 0.494 e. The maximum absolute atomic E-state index is 11.7. The fourth-order valence-electron chi connectivity index (χ4n) is 3.73. The molecule has 136 valence electrons. The zero-order chi connectivity index (χ0) is 18.1. The average molecular weight is 370 g/mol. The zero-order valence-corrected chi connectivity index (χ0v) is 16.1. The first-order valence-electron chi connectivity index (χ1n) is 9.19. The van der Waals surface area contributed by atoms with E-state index in [-0.39, 0.29) is 0 Å². The predicted octanol–water partition coefficient (Wildman–Crippen LogP) is 3.56. The molecule has 2 aliphatic rings. The molecule has 0 spiro atoms. The van der Waals surface area contributed by atoms with Gasteiger partial charge in [0.2, 0.25) is 0 Å². The summed E-state index contributed by atoms with van der Waals surface area (Å²) in [5.74, 6) is 1.93. The molecule has 0 aromatic heterocycles. The van der Waals surface area contributed by atoms with E-state index >= 15 is 0 Å². The lowest BCUT2D eigenvalue weighted by Crippen LogP contribution is -2.41. The van der Waals surface area contributed by atoms with Crippen molar-refractivity contribution in [1.29, 1.82) is 0 Å². The summed E-state index contributed by atoms with van der Waals surface area (Å²) in [6.07, 6.45) is 1.08. The highest BCUT2D eigenvalue weighted by atomic mass is 32.2. The van der Waals surface area contributed by atoms with Gasteiger partial charge < -0.3 is 9.84 Å². The van der Waals surface area contributed by atoms with Crippen molar-refractivity contribution in [2.75, 3.05) is 30.3 Å². The van der Waals surface area contributed by atoms with Gasteiger partial charge in [-0.2, -0.15) is 0 Å². The van der Waals surface area contributed by atoms with Crippen molar-refractivity contribution in [1.82, 2.24) is 0 Å². The molecule has 1 N–H and O–H groups in total. The molecule has 0 unspecified atom stereocenters. The van der Waals surface area contributed by atoms with Gasteiger partial charge >= 0.3 is 5.17 Å². The van der Waals surface area contributed by atoms with Gasteiger partial charge in [-0.3, -0.25) is 0 Å². The molecule has 4 rings (SSSR count). The summed E-state index contributed by atoms with van der Waals surface area (Å²) in [6, 6.07) is 16.4. The maximum Gasteiger partial charge on any atom is 0.316 e. The molecule has 0 fully saturated rings. The number of amidine groups is 1. The third-order valence-corrected chi connectivity index (χ3v) is 6.18. The minimum absolute atomic E-state index is 0.534. The molecule has 1 atom stereocenters. The van der Waals surface area contributed by atoms with Crippen LogP contribution < -0.4 is 9.64 Å². The lowest BCUT2D eigenvalue weighted by molar-refractivity contribution is -0.656. The Balaban J connectivity index is 1.73. The van der Waals surface area contributed by atoms with Crippen LogP contribution in [0.25, 0.3) is 0 Å². The van der Waals surface area contributed by atoms with Crippen molar-refractivity contribution in [3.63, 3.8) is 0 Å². The molecule has 0 saturated carbocycles. The number of β-amino-alcohol motifs (C(OH)–C–C–N with tert-alkyl or cyclic N) is 1. The third-order valence-electron chi connectivity index (χ3n) is 4.99. The Hall–Kier alpha value is -1.98. The van der Waals surface area contributed by atoms with E-state index in [0.29, 0.717) is 13.2 Å². The second-order valence-corrected chi connectivity index (χ2v) is 7.90. The monoisotopic (exact) mass is 369 g/mol. The summed E-state index contributed by atoms with van der Waals surface area (Å²) in [4.78, 5) is 2.26. The molecule has 0 aliphatic carbocycles. The molecular formula is C21H25N2O2S+. The van der Waals surface area contributed by atoms with Gasteiger partial charge in [0.05, 0.1) is 13.2 Å². The number of benzene rings is 2. The van der Waals surface area contributed by atoms with Crippen LogP contribution in [-0.2, 0) is 5.72 Å². The van der Waals surface area contributed by atoms with Gasteiger partial charge in [-0.1, -0.05) is 12.1 Å². The first kappa shape index (κ1) is 17.4. The van der Waals surface area contributed by atoms with Crippen molar-refractivity contribution >= 4 is 22.6 Å². The second kappa shape index (κ2) is 6.97. The van der Waals surface area contributed by atoms with Crippen LogP contribution in [0.2, 0.25) is 0 Å². The summed E-state index contributed by atoms with van der Waals surface area (Å²) < 4.78 is 7.72. The van der Waals surface area contributed by atoms with Crippen LogP contribution in [0.15, 0.2) is 48.5 Å². The number of aliphatic hydroxyl groups is 1. The van der Waals surface area contributed by atoms with E-state index in [4.69, 9.17) is 4.74 Å². The Morgan fingerprint density at radius 2 is 2.04 bits per heavy atom. The highest BCUT2D eigenvalue weighted by molar-refractivity contribution is 8.13. The summed E-state index contributed by atoms with van der Waals surface area (Å²) >= 11 is 1.83. The van der Waals surface area contributed by atoms with E-state index < -0.39 is 5.72 Å². The van der Waals surface area contributed by atoms with Gasteiger partial charge in [0, 0.05) is 11.3 Å². The van der Waals surface area contributed by atoms with Gasteiger partial charge in [-0.25, -0.2) is 9.48 Å². The van der Waals surface area contributed by atoms with E-state index in [2.05, 4.69) is 40.7 Å². The second-order valence-electron chi connectivity index (χ2n) is 6.84. The van der Waals surface area contributed by atoms with Crippen LogP contribution in [-0.4, -0.2) is 40.3 Å². The van der Waals surface area contributed by atoms with Gasteiger partial charge in [-0.05, 0) is 74.0 Å². The third kappa shape index (κ3) is 2.99. The van der Waals surface area contributed by atoms with Crippen molar-refractivity contribution in [3.8, 4) is 5.75 Å². The number of aryl methyl sites for hydroxylation is 1. The van der Waals surface area contributed by atoms with Crippen LogP contribution in [0.5, 0.6) is 5.75 Å². The van der Waals surface area contributed by atoms with Gasteiger partial charge in [-0.15, -0.1) is 0 Å². The minimum atomic E-state index is -1.02. The number of anilines is 1. The molecule has 2 heterocycles. The number of hydrogen-bond acceptors (Lipinski definition) is 4. The quantitative estimate of drug-likeness (QED) is 0.836. The summed E-state index contributed by atoms with van der Waals surface area (Å²) in [5.41, 5.74) is 2.27. The molecule has 0 saturated heterocycles. The molecular weight excluding hydrogens is 344 g/mol. The van der Waals surface area contributed by atoms with Gasteiger partial charge in [0.15, 0.2) is 6.54 Å². The number of nitrogens with zero attached hydrogens (tertiary/aromatic N) is 2. The molecule has 5 heteroatoms. The Morgan fingerprint density at radius 3 is 2.77 bits per heavy atom. The lowest BCUT2D eigenvalue weighted by atomic mass is 10.0. The fourth-order valence-corrected chi connectivity index (χ4v) is 4.91. The Morgan fingerprint density at radius 1 is 1.23 bits per heavy atom. The van der Waals surface area contributed by atoms with Crippen LogP contribution in [0.4, 0.5) is 5.69 Å². The highest BCUT2D eigenvalue weighted by Gasteiger charge is 2.53. The summed E-state index contributed by atoms with van der Waals surface area (Å²) in [6.45, 7) is 6.13. The molecule has 0 bridgehead atoms. The van der Waals surface area contributed by atoms with E-state index in [1.165, 1.54) is 5.56 Å². The van der Waals surface area contributed by atoms with Crippen LogP contribution in [0, 0.1) is 6.92 Å². The van der Waals surface area contributed by atoms with Gasteiger partial charge in [0.25, 0.3) is 5.72 Å². The van der Waals surface area contributed by atoms with Crippen molar-refractivity contribution in [2.45, 2.75) is 26.0 Å². The van der Waals surface area contributed by atoms with E-state index in [9.17, 15) is 5.11 Å². The molecule has 2 aromatic carbocycles. The SMILES string of the molecule is CCOc1ccc([C@]2(O)CN(c3cccc(C)c3)C3=[N+]2CCCS3)cc1. The molecule has 2 aromatic rings. The smallest absolute Gasteiger partial charge is 0.316 e. The van der Waals surface area contributed by atoms with Gasteiger partial charge in [0.1, 0.15) is 11.4 Å². The van der Waals surface area contributed by atoms with Crippen LogP contribution in [0.1, 0.15) is 24.5 Å². The predicted molar refractivity (Wildman–Crippen MR) is 107 cm³/mol. The zero-order valence-electron chi connectivity index (χ0n) is 15.3. The number of rotatable bonds is 4. The summed E-state index contributed by atoms with van der Waals surface area (Å²) in [7, 11) is 0.